The SMILES string of the molecule is CCCOc1ccccc1/C=C/C(=O)Nc1ccc([N+](=O)[O-])c(C)c1. The topological polar surface area (TPSA) is 81.5 Å². The highest BCUT2D eigenvalue weighted by Gasteiger charge is 2.10. The average molecular weight is 340 g/mol. The van der Waals surface area contributed by atoms with Crippen LogP contribution in [0.3, 0.4) is 0 Å². The highest BCUT2D eigenvalue weighted by Crippen LogP contribution is 2.22. The number of carbonyl (C=O) groups excluding carboxylic acids is 1. The molecule has 0 aromatic heterocycles. The highest BCUT2D eigenvalue weighted by molar-refractivity contribution is 6.02. The molecule has 2 aromatic rings. The lowest BCUT2D eigenvalue weighted by Crippen LogP contribution is -2.08. The number of nitro groups is 1. The molecule has 2 aromatic carbocycles. The lowest BCUT2D eigenvalue weighted by molar-refractivity contribution is -0.385. The van der Waals surface area contributed by atoms with Crippen LogP contribution in [0.2, 0.25) is 0 Å². The molecule has 6 heteroatoms. The number of ether oxygens (including phenoxy) is 1. The molecule has 0 heterocycles. The van der Waals surface area contributed by atoms with E-state index in [4.69, 9.17) is 4.74 Å². The first-order valence-corrected chi connectivity index (χ1v) is 7.97. The minimum atomic E-state index is -0.450. The summed E-state index contributed by atoms with van der Waals surface area (Å²) in [5.41, 5.74) is 1.83. The molecule has 0 aliphatic rings. The lowest BCUT2D eigenvalue weighted by atomic mass is 10.1. The van der Waals surface area contributed by atoms with Crippen LogP contribution in [0.15, 0.2) is 48.5 Å². The molecule has 6 nitrogen and oxygen atoms in total. The molecule has 0 radical (unpaired) electrons. The fourth-order valence-electron chi connectivity index (χ4n) is 2.25. The molecule has 0 aliphatic heterocycles. The number of anilines is 1. The summed E-state index contributed by atoms with van der Waals surface area (Å²) in [7, 11) is 0. The van der Waals surface area contributed by atoms with Crippen molar-refractivity contribution in [1.82, 2.24) is 0 Å². The standard InChI is InChI=1S/C19H20N2O4/c1-3-12-25-18-7-5-4-6-15(18)8-11-19(22)20-16-9-10-17(21(23)24)14(2)13-16/h4-11,13H,3,12H2,1-2H3,(H,20,22)/b11-8+. The molecule has 0 unspecified atom stereocenters. The number of hydrogen-bond donors (Lipinski definition) is 1. The fourth-order valence-corrected chi connectivity index (χ4v) is 2.25. The number of aryl methyl sites for hydroxylation is 1. The van der Waals surface area contributed by atoms with Gasteiger partial charge in [0.1, 0.15) is 5.75 Å². The third-order valence-electron chi connectivity index (χ3n) is 3.46. The average Bonchev–Trinajstić information content (AvgIpc) is 2.58. The Morgan fingerprint density at radius 1 is 1.28 bits per heavy atom. The molecule has 0 saturated heterocycles. The Kier molecular flexibility index (Phi) is 6.28. The predicted octanol–water partition coefficient (Wildman–Crippen LogP) is 4.34. The highest BCUT2D eigenvalue weighted by atomic mass is 16.6. The Bertz CT molecular complexity index is 800. The van der Waals surface area contributed by atoms with E-state index in [0.717, 1.165) is 17.7 Å². The van der Waals surface area contributed by atoms with Crippen LogP contribution in [0.1, 0.15) is 24.5 Å². The number of para-hydroxylation sites is 1. The Balaban J connectivity index is 2.06. The number of amides is 1. The summed E-state index contributed by atoms with van der Waals surface area (Å²) >= 11 is 0. The molecule has 2 rings (SSSR count). The number of carbonyl (C=O) groups is 1. The van der Waals surface area contributed by atoms with E-state index >= 15 is 0 Å². The molecule has 0 saturated carbocycles. The van der Waals surface area contributed by atoms with E-state index in [1.54, 1.807) is 19.1 Å². The zero-order chi connectivity index (χ0) is 18.2. The quantitative estimate of drug-likeness (QED) is 0.462. The third kappa shape index (κ3) is 5.17. The molecule has 0 spiro atoms. The number of nitro benzene ring substituents is 1. The van der Waals surface area contributed by atoms with Crippen LogP contribution in [0, 0.1) is 17.0 Å². The zero-order valence-electron chi connectivity index (χ0n) is 14.2. The van der Waals surface area contributed by atoms with Gasteiger partial charge in [-0.2, -0.15) is 0 Å². The largest absolute Gasteiger partial charge is 0.493 e. The van der Waals surface area contributed by atoms with Gasteiger partial charge in [-0.3, -0.25) is 14.9 Å². The van der Waals surface area contributed by atoms with E-state index in [1.807, 2.05) is 31.2 Å². The van der Waals surface area contributed by atoms with Gasteiger partial charge in [0.25, 0.3) is 5.69 Å². The minimum Gasteiger partial charge on any atom is -0.493 e. The van der Waals surface area contributed by atoms with Gasteiger partial charge in [-0.15, -0.1) is 0 Å². The van der Waals surface area contributed by atoms with Gasteiger partial charge >= 0.3 is 0 Å². The van der Waals surface area contributed by atoms with Crippen LogP contribution in [0.25, 0.3) is 6.08 Å². The second-order valence-corrected chi connectivity index (χ2v) is 5.47. The zero-order valence-corrected chi connectivity index (χ0v) is 14.2. The molecule has 0 atom stereocenters. The molecular weight excluding hydrogens is 320 g/mol. The van der Waals surface area contributed by atoms with Crippen LogP contribution >= 0.6 is 0 Å². The predicted molar refractivity (Wildman–Crippen MR) is 97.7 cm³/mol. The molecule has 0 fully saturated rings. The maximum absolute atomic E-state index is 12.1. The van der Waals surface area contributed by atoms with Crippen molar-refractivity contribution in [3.8, 4) is 5.75 Å². The van der Waals surface area contributed by atoms with E-state index in [-0.39, 0.29) is 11.6 Å². The van der Waals surface area contributed by atoms with Gasteiger partial charge in [0.15, 0.2) is 0 Å². The number of rotatable bonds is 7. The second-order valence-electron chi connectivity index (χ2n) is 5.47. The van der Waals surface area contributed by atoms with Gasteiger partial charge in [0, 0.05) is 29.0 Å². The van der Waals surface area contributed by atoms with E-state index in [2.05, 4.69) is 5.32 Å². The van der Waals surface area contributed by atoms with Crippen molar-refractivity contribution in [2.45, 2.75) is 20.3 Å². The van der Waals surface area contributed by atoms with Gasteiger partial charge in [-0.25, -0.2) is 0 Å². The molecular formula is C19H20N2O4. The van der Waals surface area contributed by atoms with Crippen molar-refractivity contribution in [3.63, 3.8) is 0 Å². The second kappa shape index (κ2) is 8.63. The van der Waals surface area contributed by atoms with Crippen molar-refractivity contribution in [1.29, 1.82) is 0 Å². The van der Waals surface area contributed by atoms with Gasteiger partial charge in [0.2, 0.25) is 5.91 Å². The summed E-state index contributed by atoms with van der Waals surface area (Å²) < 4.78 is 5.64. The summed E-state index contributed by atoms with van der Waals surface area (Å²) in [5.74, 6) is 0.401. The number of nitrogens with zero attached hydrogens (tertiary/aromatic N) is 1. The molecule has 1 N–H and O–H groups in total. The van der Waals surface area contributed by atoms with Crippen LogP contribution in [-0.4, -0.2) is 17.4 Å². The van der Waals surface area contributed by atoms with Gasteiger partial charge in [-0.05, 0) is 37.6 Å². The first-order valence-electron chi connectivity index (χ1n) is 7.97. The van der Waals surface area contributed by atoms with Crippen LogP contribution < -0.4 is 10.1 Å². The Labute approximate surface area is 146 Å². The van der Waals surface area contributed by atoms with E-state index in [9.17, 15) is 14.9 Å². The fraction of sp³-hybridized carbons (Fsp3) is 0.211. The van der Waals surface area contributed by atoms with Gasteiger partial charge in [0.05, 0.1) is 11.5 Å². The van der Waals surface area contributed by atoms with Gasteiger partial charge in [-0.1, -0.05) is 25.1 Å². The Morgan fingerprint density at radius 3 is 2.72 bits per heavy atom. The minimum absolute atomic E-state index is 0.0236. The smallest absolute Gasteiger partial charge is 0.272 e. The van der Waals surface area contributed by atoms with Crippen molar-refractivity contribution >= 4 is 23.4 Å². The van der Waals surface area contributed by atoms with Crippen LogP contribution in [0.5, 0.6) is 5.75 Å². The van der Waals surface area contributed by atoms with Crippen molar-refractivity contribution in [2.75, 3.05) is 11.9 Å². The van der Waals surface area contributed by atoms with Crippen molar-refractivity contribution in [3.05, 3.63) is 69.8 Å². The maximum Gasteiger partial charge on any atom is 0.272 e. The maximum atomic E-state index is 12.1. The molecule has 1 amide bonds. The molecule has 0 aliphatic carbocycles. The summed E-state index contributed by atoms with van der Waals surface area (Å²) in [4.78, 5) is 22.4. The van der Waals surface area contributed by atoms with Gasteiger partial charge < -0.3 is 10.1 Å². The summed E-state index contributed by atoms with van der Waals surface area (Å²) in [5, 5.41) is 13.5. The van der Waals surface area contributed by atoms with Crippen molar-refractivity contribution < 1.29 is 14.5 Å². The van der Waals surface area contributed by atoms with E-state index < -0.39 is 4.92 Å². The first-order chi connectivity index (χ1) is 12.0. The molecule has 25 heavy (non-hydrogen) atoms. The summed E-state index contributed by atoms with van der Waals surface area (Å²) in [6.45, 7) is 4.27. The molecule has 130 valence electrons. The van der Waals surface area contributed by atoms with Crippen molar-refractivity contribution in [2.24, 2.45) is 0 Å². The first kappa shape index (κ1) is 18.2. The van der Waals surface area contributed by atoms with E-state index in [1.165, 1.54) is 18.2 Å². The number of benzene rings is 2. The number of nitrogens with one attached hydrogen (secondary N) is 1. The van der Waals surface area contributed by atoms with E-state index in [0.29, 0.717) is 17.9 Å². The molecule has 0 bridgehead atoms. The number of hydrogen-bond acceptors (Lipinski definition) is 4. The van der Waals surface area contributed by atoms with Crippen LogP contribution in [0.4, 0.5) is 11.4 Å². The normalized spacial score (nSPS) is 10.6. The Hall–Kier alpha value is -3.15. The monoisotopic (exact) mass is 340 g/mol. The third-order valence-corrected chi connectivity index (χ3v) is 3.46. The Morgan fingerprint density at radius 2 is 2.04 bits per heavy atom. The van der Waals surface area contributed by atoms with Crippen LogP contribution in [-0.2, 0) is 4.79 Å². The lowest BCUT2D eigenvalue weighted by Gasteiger charge is -2.08. The summed E-state index contributed by atoms with van der Waals surface area (Å²) in [6, 6.07) is 11.9. The summed E-state index contributed by atoms with van der Waals surface area (Å²) in [6.07, 6.45) is 3.99.